The minimum atomic E-state index is 0.965. The van der Waals surface area contributed by atoms with Gasteiger partial charge < -0.3 is 9.47 Å². The van der Waals surface area contributed by atoms with Gasteiger partial charge in [-0.1, -0.05) is 188 Å². The molecule has 328 valence electrons. The van der Waals surface area contributed by atoms with Crippen LogP contribution in [0.15, 0.2) is 224 Å². The molecule has 0 bridgehead atoms. The Kier molecular flexibility index (Phi) is 8.36. The second-order valence-corrected chi connectivity index (χ2v) is 19.5. The molecule has 2 nitrogen and oxygen atoms in total. The maximum absolute atomic E-state index is 2.52. The number of aryl methyl sites for hydroxylation is 1. The van der Waals surface area contributed by atoms with Crippen LogP contribution in [0.2, 0.25) is 0 Å². The molecule has 70 heavy (non-hydrogen) atoms. The number of allylic oxidation sites excluding steroid dienone is 3. The first-order chi connectivity index (χ1) is 34.6. The van der Waals surface area contributed by atoms with E-state index in [1.54, 1.807) is 0 Å². The summed E-state index contributed by atoms with van der Waals surface area (Å²) in [7, 11) is 4.55. The number of aromatic nitrogens is 1. The molecule has 13 aromatic rings. The molecular weight excluding hydrogens is 845 g/mol. The fourth-order valence-electron chi connectivity index (χ4n) is 12.9. The molecule has 0 radical (unpaired) electrons. The van der Waals surface area contributed by atoms with Crippen molar-refractivity contribution in [3.05, 3.63) is 235 Å². The van der Waals surface area contributed by atoms with Crippen molar-refractivity contribution in [2.75, 3.05) is 11.9 Å². The highest BCUT2D eigenvalue weighted by Gasteiger charge is 2.30. The lowest BCUT2D eigenvalue weighted by Crippen LogP contribution is -2.22. The van der Waals surface area contributed by atoms with Gasteiger partial charge in [0, 0.05) is 47.2 Å². The van der Waals surface area contributed by atoms with Gasteiger partial charge in [0.15, 0.2) is 0 Å². The van der Waals surface area contributed by atoms with Gasteiger partial charge >= 0.3 is 0 Å². The van der Waals surface area contributed by atoms with E-state index in [2.05, 4.69) is 242 Å². The van der Waals surface area contributed by atoms with Crippen LogP contribution in [0.25, 0.3) is 131 Å². The van der Waals surface area contributed by atoms with Gasteiger partial charge in [0.05, 0.1) is 5.52 Å². The summed E-state index contributed by atoms with van der Waals surface area (Å²) in [4.78, 5) is 2.47. The van der Waals surface area contributed by atoms with E-state index < -0.39 is 0 Å². The first kappa shape index (κ1) is 39.3. The van der Waals surface area contributed by atoms with Crippen LogP contribution in [0.3, 0.4) is 0 Å². The van der Waals surface area contributed by atoms with E-state index >= 15 is 0 Å². The summed E-state index contributed by atoms with van der Waals surface area (Å²) in [6.07, 6.45) is 4.45. The summed E-state index contributed by atoms with van der Waals surface area (Å²) < 4.78 is 2.46. The average Bonchev–Trinajstić information content (AvgIpc) is 3.70. The quantitative estimate of drug-likeness (QED) is 0.160. The molecule has 1 aliphatic carbocycles. The summed E-state index contributed by atoms with van der Waals surface area (Å²) in [5.74, 6) is 0. The normalized spacial score (nSPS) is 13.7. The SMILES string of the molecule is CN1C2=C(CCC(c3c4ccccc4c(-c4ccccc4)c4ccccc34)=C2)c2cc3c(c4cccc1c24)c1ccc(-c2c4ccccc4c(-c4ccc5ccccc5c4)c4ccccc24)cc1n3C. The van der Waals surface area contributed by atoms with Crippen molar-refractivity contribution in [3.63, 3.8) is 0 Å². The third-order valence-corrected chi connectivity index (χ3v) is 16.0. The van der Waals surface area contributed by atoms with E-state index in [-0.39, 0.29) is 0 Å². The maximum Gasteiger partial charge on any atom is 0.0501 e. The van der Waals surface area contributed by atoms with Crippen LogP contribution in [0, 0.1) is 0 Å². The van der Waals surface area contributed by atoms with Crippen LogP contribution in [-0.2, 0) is 7.05 Å². The molecule has 2 aliphatic rings. The lowest BCUT2D eigenvalue weighted by atomic mass is 9.79. The highest BCUT2D eigenvalue weighted by molar-refractivity contribution is 6.28. The third-order valence-electron chi connectivity index (χ3n) is 16.0. The standard InChI is InChI=1S/C68H46N2/c1-69-59-30-16-29-57-67-56-36-34-46(66-54-27-14-12-25-52(54)64(53-26-13-15-28-55(53)66)44-32-31-41-17-6-7-20-43(41)37-44)39-61(56)70(2)62(67)40-58(68(57)59)47-35-33-45(38-60(47)69)65-50-23-10-8-21-48(50)63(42-18-4-3-5-19-42)49-22-9-11-24-51(49)65/h3-32,34,36-40H,33,35H2,1-2H3. The Balaban J connectivity index is 0.920. The maximum atomic E-state index is 2.52. The topological polar surface area (TPSA) is 8.17 Å². The number of hydrogen-bond acceptors (Lipinski definition) is 1. The molecule has 0 unspecified atom stereocenters. The second-order valence-electron chi connectivity index (χ2n) is 19.5. The Morgan fingerprint density at radius 3 is 1.49 bits per heavy atom. The summed E-state index contributed by atoms with van der Waals surface area (Å²) >= 11 is 0. The predicted octanol–water partition coefficient (Wildman–Crippen LogP) is 18.3. The van der Waals surface area contributed by atoms with Crippen LogP contribution in [0.1, 0.15) is 24.0 Å². The molecule has 0 saturated carbocycles. The van der Waals surface area contributed by atoms with E-state index in [0.717, 1.165) is 12.8 Å². The molecule has 0 atom stereocenters. The number of nitrogens with zero attached hydrogens (tertiary/aromatic N) is 2. The number of likely N-dealkylation sites (N-methyl/N-ethyl adjacent to an activating group) is 1. The van der Waals surface area contributed by atoms with Crippen molar-refractivity contribution in [2.45, 2.75) is 12.8 Å². The van der Waals surface area contributed by atoms with Crippen LogP contribution in [-0.4, -0.2) is 11.6 Å². The van der Waals surface area contributed by atoms with E-state index in [1.165, 1.54) is 153 Å². The van der Waals surface area contributed by atoms with E-state index in [9.17, 15) is 0 Å². The van der Waals surface area contributed by atoms with Crippen molar-refractivity contribution < 1.29 is 0 Å². The van der Waals surface area contributed by atoms with E-state index in [4.69, 9.17) is 0 Å². The molecule has 0 saturated heterocycles. The number of hydrogen-bond donors (Lipinski definition) is 0. The summed E-state index contributed by atoms with van der Waals surface area (Å²) in [5, 5.41) is 18.1. The summed E-state index contributed by atoms with van der Waals surface area (Å²) in [5.41, 5.74) is 18.2. The van der Waals surface area contributed by atoms with Gasteiger partial charge in [-0.3, -0.25) is 0 Å². The Morgan fingerprint density at radius 2 is 0.857 bits per heavy atom. The molecule has 0 N–H and O–H groups in total. The smallest absolute Gasteiger partial charge is 0.0501 e. The highest BCUT2D eigenvalue weighted by atomic mass is 15.1. The molecule has 0 spiro atoms. The Hall–Kier alpha value is -8.72. The van der Waals surface area contributed by atoms with Crippen LogP contribution >= 0.6 is 0 Å². The van der Waals surface area contributed by atoms with Gasteiger partial charge in [0.25, 0.3) is 0 Å². The van der Waals surface area contributed by atoms with Gasteiger partial charge in [0.1, 0.15) is 0 Å². The van der Waals surface area contributed by atoms with Crippen LogP contribution in [0.4, 0.5) is 5.69 Å². The zero-order valence-corrected chi connectivity index (χ0v) is 39.1. The molecular formula is C68H46N2. The second kappa shape index (κ2) is 14.9. The van der Waals surface area contributed by atoms with Gasteiger partial charge in [-0.15, -0.1) is 0 Å². The molecule has 0 amide bonds. The molecule has 12 aromatic carbocycles. The summed E-state index contributed by atoms with van der Waals surface area (Å²) in [6.45, 7) is 0. The Morgan fingerprint density at radius 1 is 0.343 bits per heavy atom. The molecule has 0 fully saturated rings. The van der Waals surface area contributed by atoms with E-state index in [0.29, 0.717) is 0 Å². The van der Waals surface area contributed by atoms with Crippen molar-refractivity contribution in [2.24, 2.45) is 7.05 Å². The first-order valence-electron chi connectivity index (χ1n) is 24.7. The van der Waals surface area contributed by atoms with Crippen molar-refractivity contribution >= 4 is 103 Å². The molecule has 2 heterocycles. The van der Waals surface area contributed by atoms with Crippen LogP contribution in [0.5, 0.6) is 0 Å². The monoisotopic (exact) mass is 890 g/mol. The zero-order valence-electron chi connectivity index (χ0n) is 39.1. The number of fused-ring (bicyclic) bond motifs is 10. The van der Waals surface area contributed by atoms with Crippen molar-refractivity contribution in [3.8, 4) is 33.4 Å². The zero-order chi connectivity index (χ0) is 46.2. The minimum absolute atomic E-state index is 0.965. The molecule has 2 heteroatoms. The lowest BCUT2D eigenvalue weighted by Gasteiger charge is -2.35. The van der Waals surface area contributed by atoms with E-state index in [1.807, 2.05) is 0 Å². The lowest BCUT2D eigenvalue weighted by molar-refractivity contribution is 1.01. The van der Waals surface area contributed by atoms with Gasteiger partial charge in [-0.25, -0.2) is 0 Å². The summed E-state index contributed by atoms with van der Waals surface area (Å²) in [6, 6.07) is 79.4. The molecule has 1 aromatic heterocycles. The first-order valence-corrected chi connectivity index (χ1v) is 24.7. The Labute approximate surface area is 406 Å². The largest absolute Gasteiger partial charge is 0.344 e. The number of rotatable bonds is 4. The fraction of sp³-hybridized carbons (Fsp3) is 0.0588. The fourth-order valence-corrected chi connectivity index (χ4v) is 12.9. The number of benzene rings is 12. The predicted molar refractivity (Wildman–Crippen MR) is 301 cm³/mol. The highest BCUT2D eigenvalue weighted by Crippen LogP contribution is 2.52. The van der Waals surface area contributed by atoms with Crippen molar-refractivity contribution in [1.82, 2.24) is 4.57 Å². The van der Waals surface area contributed by atoms with Gasteiger partial charge in [0.2, 0.25) is 0 Å². The minimum Gasteiger partial charge on any atom is -0.344 e. The Bertz CT molecular complexity index is 4370. The molecule has 15 rings (SSSR count). The third kappa shape index (κ3) is 5.50. The van der Waals surface area contributed by atoms with Crippen molar-refractivity contribution in [1.29, 1.82) is 0 Å². The van der Waals surface area contributed by atoms with Gasteiger partial charge in [-0.2, -0.15) is 0 Å². The molecule has 1 aliphatic heterocycles. The number of anilines is 1. The van der Waals surface area contributed by atoms with Crippen LogP contribution < -0.4 is 4.90 Å². The average molecular weight is 891 g/mol. The van der Waals surface area contributed by atoms with Gasteiger partial charge in [-0.05, 0) is 158 Å².